The van der Waals surface area contributed by atoms with Gasteiger partial charge in [-0.15, -0.1) is 0 Å². The van der Waals surface area contributed by atoms with Gasteiger partial charge >= 0.3 is 5.97 Å². The first-order valence-corrected chi connectivity index (χ1v) is 6.30. The van der Waals surface area contributed by atoms with Gasteiger partial charge in [0.25, 0.3) is 5.91 Å². The van der Waals surface area contributed by atoms with E-state index in [0.29, 0.717) is 22.1 Å². The van der Waals surface area contributed by atoms with Crippen molar-refractivity contribution in [3.63, 3.8) is 0 Å². The summed E-state index contributed by atoms with van der Waals surface area (Å²) in [4.78, 5) is 22.5. The molecule has 18 heavy (non-hydrogen) atoms. The van der Waals surface area contributed by atoms with Gasteiger partial charge in [-0.05, 0) is 24.6 Å². The van der Waals surface area contributed by atoms with Gasteiger partial charge in [0.15, 0.2) is 0 Å². The Morgan fingerprint density at radius 2 is 2.11 bits per heavy atom. The van der Waals surface area contributed by atoms with E-state index in [9.17, 15) is 9.59 Å². The van der Waals surface area contributed by atoms with E-state index in [1.54, 1.807) is 18.2 Å². The maximum Gasteiger partial charge on any atom is 0.305 e. The van der Waals surface area contributed by atoms with E-state index in [2.05, 4.69) is 21.2 Å². The maximum atomic E-state index is 11.9. The molecule has 0 fully saturated rings. The smallest absolute Gasteiger partial charge is 0.305 e. The SMILES string of the molecule is CCC(CC(=O)O)NC(=O)c1cc(N)cc(Br)c1. The van der Waals surface area contributed by atoms with Gasteiger partial charge in [-0.3, -0.25) is 9.59 Å². The fourth-order valence-electron chi connectivity index (χ4n) is 1.52. The lowest BCUT2D eigenvalue weighted by Crippen LogP contribution is -2.36. The minimum atomic E-state index is -0.934. The summed E-state index contributed by atoms with van der Waals surface area (Å²) in [6.07, 6.45) is 0.466. The lowest BCUT2D eigenvalue weighted by atomic mass is 10.1. The van der Waals surface area contributed by atoms with Gasteiger partial charge in [0.2, 0.25) is 0 Å². The Morgan fingerprint density at radius 3 is 2.61 bits per heavy atom. The highest BCUT2D eigenvalue weighted by Gasteiger charge is 2.15. The van der Waals surface area contributed by atoms with Gasteiger partial charge in [-0.2, -0.15) is 0 Å². The Balaban J connectivity index is 2.77. The number of nitrogens with one attached hydrogen (secondary N) is 1. The van der Waals surface area contributed by atoms with Crippen molar-refractivity contribution in [1.82, 2.24) is 5.32 Å². The third-order valence-corrected chi connectivity index (χ3v) is 2.89. The van der Waals surface area contributed by atoms with Crippen LogP contribution in [0.5, 0.6) is 0 Å². The predicted molar refractivity (Wildman–Crippen MR) is 72.4 cm³/mol. The average Bonchev–Trinajstić information content (AvgIpc) is 2.26. The van der Waals surface area contributed by atoms with E-state index in [1.807, 2.05) is 6.92 Å². The molecule has 4 N–H and O–H groups in total. The number of amides is 1. The molecule has 0 radical (unpaired) electrons. The first-order valence-electron chi connectivity index (χ1n) is 5.51. The topological polar surface area (TPSA) is 92.4 Å². The van der Waals surface area contributed by atoms with Gasteiger partial charge in [0, 0.05) is 21.8 Å². The molecule has 0 bridgehead atoms. The van der Waals surface area contributed by atoms with Crippen LogP contribution in [0.4, 0.5) is 5.69 Å². The molecule has 1 aromatic carbocycles. The Labute approximate surface area is 113 Å². The van der Waals surface area contributed by atoms with Crippen LogP contribution in [0.2, 0.25) is 0 Å². The van der Waals surface area contributed by atoms with Gasteiger partial charge in [0.1, 0.15) is 0 Å². The molecule has 6 heteroatoms. The monoisotopic (exact) mass is 314 g/mol. The molecule has 0 heterocycles. The first-order chi connectivity index (χ1) is 8.42. The first kappa shape index (κ1) is 14.5. The number of rotatable bonds is 5. The summed E-state index contributed by atoms with van der Waals surface area (Å²) in [5.41, 5.74) is 6.52. The summed E-state index contributed by atoms with van der Waals surface area (Å²) in [6, 6.07) is 4.49. The number of carboxylic acid groups (broad SMARTS) is 1. The van der Waals surface area contributed by atoms with Gasteiger partial charge in [-0.25, -0.2) is 0 Å². The second-order valence-electron chi connectivity index (χ2n) is 3.95. The summed E-state index contributed by atoms with van der Waals surface area (Å²) >= 11 is 3.25. The van der Waals surface area contributed by atoms with Crippen molar-refractivity contribution in [2.45, 2.75) is 25.8 Å². The number of carboxylic acids is 1. The summed E-state index contributed by atoms with van der Waals surface area (Å²) in [5, 5.41) is 11.4. The number of hydrogen-bond acceptors (Lipinski definition) is 3. The van der Waals surface area contributed by atoms with Gasteiger partial charge in [0.05, 0.1) is 6.42 Å². The lowest BCUT2D eigenvalue weighted by Gasteiger charge is -2.15. The molecule has 0 aliphatic rings. The van der Waals surface area contributed by atoms with E-state index in [4.69, 9.17) is 10.8 Å². The summed E-state index contributed by atoms with van der Waals surface area (Å²) in [5.74, 6) is -1.26. The summed E-state index contributed by atoms with van der Waals surface area (Å²) in [6.45, 7) is 1.82. The number of hydrogen-bond donors (Lipinski definition) is 3. The largest absolute Gasteiger partial charge is 0.481 e. The summed E-state index contributed by atoms with van der Waals surface area (Å²) < 4.78 is 0.707. The minimum absolute atomic E-state index is 0.0915. The van der Waals surface area contributed by atoms with Crippen LogP contribution < -0.4 is 11.1 Å². The molecule has 0 aromatic heterocycles. The number of anilines is 1. The lowest BCUT2D eigenvalue weighted by molar-refractivity contribution is -0.137. The average molecular weight is 315 g/mol. The van der Waals surface area contributed by atoms with Crippen LogP contribution in [0, 0.1) is 0 Å². The number of halogens is 1. The normalized spacial score (nSPS) is 11.9. The fraction of sp³-hybridized carbons (Fsp3) is 0.333. The number of carbonyl (C=O) groups is 2. The summed E-state index contributed by atoms with van der Waals surface area (Å²) in [7, 11) is 0. The highest BCUT2D eigenvalue weighted by Crippen LogP contribution is 2.17. The van der Waals surface area contributed by atoms with E-state index >= 15 is 0 Å². The van der Waals surface area contributed by atoms with Gasteiger partial charge < -0.3 is 16.2 Å². The van der Waals surface area contributed by atoms with Crippen molar-refractivity contribution in [2.75, 3.05) is 5.73 Å². The Hall–Kier alpha value is -1.56. The van der Waals surface area contributed by atoms with Crippen molar-refractivity contribution in [1.29, 1.82) is 0 Å². The van der Waals surface area contributed by atoms with Crippen molar-refractivity contribution in [3.05, 3.63) is 28.2 Å². The molecule has 1 rings (SSSR count). The van der Waals surface area contributed by atoms with Crippen molar-refractivity contribution in [2.24, 2.45) is 0 Å². The molecule has 1 atom stereocenters. The number of benzene rings is 1. The second kappa shape index (κ2) is 6.39. The minimum Gasteiger partial charge on any atom is -0.481 e. The number of aliphatic carboxylic acids is 1. The maximum absolute atomic E-state index is 11.9. The van der Waals surface area contributed by atoms with E-state index in [-0.39, 0.29) is 18.4 Å². The van der Waals surface area contributed by atoms with Crippen LogP contribution in [0.25, 0.3) is 0 Å². The van der Waals surface area contributed by atoms with Gasteiger partial charge in [-0.1, -0.05) is 22.9 Å². The standard InChI is InChI=1S/C12H15BrN2O3/c1-2-10(6-11(16)17)15-12(18)7-3-8(13)5-9(14)4-7/h3-5,10H,2,6,14H2,1H3,(H,15,18)(H,16,17). The van der Waals surface area contributed by atoms with Crippen molar-refractivity contribution >= 4 is 33.5 Å². The number of nitrogens with two attached hydrogens (primary N) is 1. The molecule has 0 spiro atoms. The van der Waals surface area contributed by atoms with Crippen LogP contribution in [-0.2, 0) is 4.79 Å². The van der Waals surface area contributed by atoms with Crippen LogP contribution in [0.1, 0.15) is 30.1 Å². The van der Waals surface area contributed by atoms with E-state index < -0.39 is 5.97 Å². The third kappa shape index (κ3) is 4.37. The molecule has 0 saturated carbocycles. The van der Waals surface area contributed by atoms with Crippen molar-refractivity contribution < 1.29 is 14.7 Å². The molecular weight excluding hydrogens is 300 g/mol. The zero-order chi connectivity index (χ0) is 13.7. The Bertz CT molecular complexity index is 442. The number of carbonyl (C=O) groups excluding carboxylic acids is 1. The van der Waals surface area contributed by atoms with Crippen LogP contribution in [0.15, 0.2) is 22.7 Å². The third-order valence-electron chi connectivity index (χ3n) is 2.43. The zero-order valence-electron chi connectivity index (χ0n) is 9.94. The zero-order valence-corrected chi connectivity index (χ0v) is 11.5. The quantitative estimate of drug-likeness (QED) is 0.725. The predicted octanol–water partition coefficient (Wildman–Crippen LogP) is 2.01. The van der Waals surface area contributed by atoms with Crippen LogP contribution >= 0.6 is 15.9 Å². The molecular formula is C12H15BrN2O3. The fourth-order valence-corrected chi connectivity index (χ4v) is 2.03. The Kier molecular flexibility index (Phi) is 5.15. The highest BCUT2D eigenvalue weighted by molar-refractivity contribution is 9.10. The van der Waals surface area contributed by atoms with E-state index in [1.165, 1.54) is 0 Å². The van der Waals surface area contributed by atoms with Crippen molar-refractivity contribution in [3.8, 4) is 0 Å². The van der Waals surface area contributed by atoms with Crippen LogP contribution in [-0.4, -0.2) is 23.0 Å². The molecule has 0 aliphatic heterocycles. The second-order valence-corrected chi connectivity index (χ2v) is 4.87. The molecule has 1 aromatic rings. The molecule has 98 valence electrons. The van der Waals surface area contributed by atoms with Crippen LogP contribution in [0.3, 0.4) is 0 Å². The Morgan fingerprint density at radius 1 is 1.44 bits per heavy atom. The molecule has 5 nitrogen and oxygen atoms in total. The number of nitrogen functional groups attached to an aromatic ring is 1. The molecule has 0 saturated heterocycles. The van der Waals surface area contributed by atoms with E-state index in [0.717, 1.165) is 0 Å². The molecule has 1 amide bonds. The highest BCUT2D eigenvalue weighted by atomic mass is 79.9. The molecule has 1 unspecified atom stereocenters. The molecule has 0 aliphatic carbocycles.